The van der Waals surface area contributed by atoms with Gasteiger partial charge in [-0.15, -0.1) is 12.4 Å². The van der Waals surface area contributed by atoms with E-state index in [9.17, 15) is 4.79 Å². The van der Waals surface area contributed by atoms with E-state index >= 15 is 0 Å². The van der Waals surface area contributed by atoms with E-state index in [2.05, 4.69) is 24.3 Å². The van der Waals surface area contributed by atoms with Crippen molar-refractivity contribution >= 4 is 23.8 Å². The summed E-state index contributed by atoms with van der Waals surface area (Å²) in [5.74, 6) is -0.435. The number of primary amides is 1. The minimum atomic E-state index is -0.435. The van der Waals surface area contributed by atoms with Gasteiger partial charge in [0.15, 0.2) is 0 Å². The van der Waals surface area contributed by atoms with Crippen molar-refractivity contribution in [3.63, 3.8) is 0 Å². The minimum Gasteiger partial charge on any atom is -0.364 e. The number of aromatic nitrogens is 1. The van der Waals surface area contributed by atoms with Crippen LogP contribution in [0.25, 0.3) is 27.8 Å². The molecule has 0 radical (unpaired) electrons. The van der Waals surface area contributed by atoms with Gasteiger partial charge in [0.1, 0.15) is 5.69 Å². The van der Waals surface area contributed by atoms with Crippen molar-refractivity contribution < 1.29 is 4.79 Å². The van der Waals surface area contributed by atoms with Crippen LogP contribution < -0.4 is 5.73 Å². The third-order valence-corrected chi connectivity index (χ3v) is 4.21. The fourth-order valence-corrected chi connectivity index (χ4v) is 3.14. The smallest absolute Gasteiger partial charge is 0.265 e. The second-order valence-electron chi connectivity index (χ2n) is 5.68. The quantitative estimate of drug-likeness (QED) is 0.568. The molecule has 0 aliphatic rings. The molecule has 4 heteroatoms. The average Bonchev–Trinajstić information content (AvgIpc) is 3.02. The standard InChI is InChI=1S/C21H16N2O.ClH/c22-21(24)19-13-7-12-18-20(16-10-5-2-6-11-16)17(14-23(18)19)15-8-3-1-4-9-15;/h1-14H,(H2,22,24);1H. The van der Waals surface area contributed by atoms with E-state index in [0.29, 0.717) is 5.69 Å². The highest BCUT2D eigenvalue weighted by Gasteiger charge is 2.17. The number of hydrogen-bond donors (Lipinski definition) is 1. The maximum Gasteiger partial charge on any atom is 0.265 e. The number of nitrogens with zero attached hydrogens (tertiary/aromatic N) is 1. The molecule has 0 bridgehead atoms. The lowest BCUT2D eigenvalue weighted by molar-refractivity contribution is 0.0994. The van der Waals surface area contributed by atoms with E-state index in [1.165, 1.54) is 0 Å². The average molecular weight is 349 g/mol. The zero-order valence-electron chi connectivity index (χ0n) is 13.4. The van der Waals surface area contributed by atoms with Crippen LogP contribution in [-0.2, 0) is 0 Å². The number of carbonyl (C=O) groups is 1. The maximum atomic E-state index is 11.8. The molecule has 0 spiro atoms. The van der Waals surface area contributed by atoms with Crippen molar-refractivity contribution in [3.8, 4) is 22.3 Å². The normalized spacial score (nSPS) is 10.4. The molecular formula is C21H17ClN2O. The first-order valence-electron chi connectivity index (χ1n) is 7.80. The van der Waals surface area contributed by atoms with Crippen molar-refractivity contribution in [1.82, 2.24) is 4.40 Å². The van der Waals surface area contributed by atoms with Gasteiger partial charge in [0.25, 0.3) is 5.91 Å². The molecule has 25 heavy (non-hydrogen) atoms. The number of hydrogen-bond acceptors (Lipinski definition) is 1. The number of benzene rings is 2. The Bertz CT molecular complexity index is 1020. The van der Waals surface area contributed by atoms with Crippen LogP contribution >= 0.6 is 12.4 Å². The molecule has 2 aromatic carbocycles. The summed E-state index contributed by atoms with van der Waals surface area (Å²) in [6.45, 7) is 0. The first kappa shape index (κ1) is 16.8. The highest BCUT2D eigenvalue weighted by atomic mass is 35.5. The van der Waals surface area contributed by atoms with E-state index in [1.54, 1.807) is 6.07 Å². The molecule has 0 atom stereocenters. The monoisotopic (exact) mass is 348 g/mol. The number of nitrogens with two attached hydrogens (primary N) is 1. The Balaban J connectivity index is 0.00000182. The summed E-state index contributed by atoms with van der Waals surface area (Å²) in [7, 11) is 0. The lowest BCUT2D eigenvalue weighted by atomic mass is 9.98. The number of amides is 1. The van der Waals surface area contributed by atoms with Gasteiger partial charge < -0.3 is 10.1 Å². The van der Waals surface area contributed by atoms with Crippen LogP contribution in [0.4, 0.5) is 0 Å². The molecule has 0 unspecified atom stereocenters. The zero-order chi connectivity index (χ0) is 16.5. The van der Waals surface area contributed by atoms with E-state index in [0.717, 1.165) is 27.8 Å². The molecule has 2 aromatic heterocycles. The summed E-state index contributed by atoms with van der Waals surface area (Å²) in [5.41, 5.74) is 11.4. The Morgan fingerprint density at radius 3 is 1.96 bits per heavy atom. The summed E-state index contributed by atoms with van der Waals surface area (Å²) in [6.07, 6.45) is 1.99. The molecule has 124 valence electrons. The fourth-order valence-electron chi connectivity index (χ4n) is 3.14. The molecular weight excluding hydrogens is 332 g/mol. The molecule has 0 aliphatic carbocycles. The zero-order valence-corrected chi connectivity index (χ0v) is 14.2. The summed E-state index contributed by atoms with van der Waals surface area (Å²) >= 11 is 0. The number of pyridine rings is 1. The predicted octanol–water partition coefficient (Wildman–Crippen LogP) is 4.79. The van der Waals surface area contributed by atoms with Crippen molar-refractivity contribution in [2.45, 2.75) is 0 Å². The molecule has 2 N–H and O–H groups in total. The van der Waals surface area contributed by atoms with Gasteiger partial charge in [-0.1, -0.05) is 66.7 Å². The Hall–Kier alpha value is -3.04. The second kappa shape index (κ2) is 6.83. The van der Waals surface area contributed by atoms with Gasteiger partial charge in [-0.25, -0.2) is 0 Å². The second-order valence-corrected chi connectivity index (χ2v) is 5.68. The van der Waals surface area contributed by atoms with Gasteiger partial charge in [0.05, 0.1) is 5.52 Å². The molecule has 4 rings (SSSR count). The third kappa shape index (κ3) is 2.90. The summed E-state index contributed by atoms with van der Waals surface area (Å²) < 4.78 is 1.88. The molecule has 0 saturated heterocycles. The first-order chi connectivity index (χ1) is 11.8. The van der Waals surface area contributed by atoms with Crippen LogP contribution in [0, 0.1) is 0 Å². The Kier molecular flexibility index (Phi) is 4.59. The lowest BCUT2D eigenvalue weighted by Crippen LogP contribution is -2.14. The molecule has 1 amide bonds. The van der Waals surface area contributed by atoms with Crippen molar-refractivity contribution in [2.24, 2.45) is 5.73 Å². The number of fused-ring (bicyclic) bond motifs is 1. The van der Waals surface area contributed by atoms with Gasteiger partial charge >= 0.3 is 0 Å². The molecule has 3 nitrogen and oxygen atoms in total. The maximum absolute atomic E-state index is 11.8. The van der Waals surface area contributed by atoms with E-state index < -0.39 is 5.91 Å². The first-order valence-corrected chi connectivity index (χ1v) is 7.80. The van der Waals surface area contributed by atoms with Crippen LogP contribution in [0.3, 0.4) is 0 Å². The molecule has 0 saturated carbocycles. The molecule has 2 heterocycles. The number of rotatable bonds is 3. The number of carbonyl (C=O) groups excluding carboxylic acids is 1. The lowest BCUT2D eigenvalue weighted by Gasteiger charge is -2.06. The molecule has 0 fully saturated rings. The van der Waals surface area contributed by atoms with Crippen LogP contribution in [0.5, 0.6) is 0 Å². The van der Waals surface area contributed by atoms with Crippen LogP contribution in [-0.4, -0.2) is 10.3 Å². The Labute approximate surface area is 152 Å². The van der Waals surface area contributed by atoms with Crippen LogP contribution in [0.2, 0.25) is 0 Å². The Morgan fingerprint density at radius 1 is 0.760 bits per heavy atom. The highest BCUT2D eigenvalue weighted by Crippen LogP contribution is 2.37. The van der Waals surface area contributed by atoms with Crippen LogP contribution in [0.1, 0.15) is 10.5 Å². The topological polar surface area (TPSA) is 47.5 Å². The van der Waals surface area contributed by atoms with Crippen molar-refractivity contribution in [3.05, 3.63) is 90.8 Å². The molecule has 0 aliphatic heterocycles. The number of halogens is 1. The summed E-state index contributed by atoms with van der Waals surface area (Å²) in [6, 6.07) is 26.0. The fraction of sp³-hybridized carbons (Fsp3) is 0. The highest BCUT2D eigenvalue weighted by molar-refractivity contribution is 5.98. The largest absolute Gasteiger partial charge is 0.364 e. The SMILES string of the molecule is Cl.NC(=O)c1cccc2c(-c3ccccc3)c(-c3ccccc3)cn12. The van der Waals surface area contributed by atoms with E-state index in [1.807, 2.05) is 59.1 Å². The van der Waals surface area contributed by atoms with Gasteiger partial charge in [-0.3, -0.25) is 4.79 Å². The van der Waals surface area contributed by atoms with Crippen molar-refractivity contribution in [2.75, 3.05) is 0 Å². The predicted molar refractivity (Wildman–Crippen MR) is 104 cm³/mol. The third-order valence-electron chi connectivity index (χ3n) is 4.21. The van der Waals surface area contributed by atoms with Crippen molar-refractivity contribution in [1.29, 1.82) is 0 Å². The van der Waals surface area contributed by atoms with Gasteiger partial charge in [-0.2, -0.15) is 0 Å². The molecule has 4 aromatic rings. The van der Waals surface area contributed by atoms with Crippen LogP contribution in [0.15, 0.2) is 85.1 Å². The van der Waals surface area contributed by atoms with Gasteiger partial charge in [-0.05, 0) is 23.3 Å². The van der Waals surface area contributed by atoms with Gasteiger partial charge in [0, 0.05) is 17.3 Å². The van der Waals surface area contributed by atoms with E-state index in [4.69, 9.17) is 5.73 Å². The minimum absolute atomic E-state index is 0. The summed E-state index contributed by atoms with van der Waals surface area (Å²) in [4.78, 5) is 11.8. The Morgan fingerprint density at radius 2 is 1.36 bits per heavy atom. The summed E-state index contributed by atoms with van der Waals surface area (Å²) in [5, 5.41) is 0. The van der Waals surface area contributed by atoms with E-state index in [-0.39, 0.29) is 12.4 Å². The van der Waals surface area contributed by atoms with Gasteiger partial charge in [0.2, 0.25) is 0 Å².